The normalized spacial score (nSPS) is 27.3. The highest BCUT2D eigenvalue weighted by Crippen LogP contribution is 1.97. The van der Waals surface area contributed by atoms with Gasteiger partial charge in [0, 0.05) is 13.2 Å². The van der Waals surface area contributed by atoms with Crippen LogP contribution in [0.2, 0.25) is 0 Å². The molecular formula is C7H16N2O. The van der Waals surface area contributed by atoms with Crippen LogP contribution in [0.15, 0.2) is 0 Å². The van der Waals surface area contributed by atoms with E-state index in [1.807, 2.05) is 0 Å². The molecule has 1 aliphatic rings. The highest BCUT2D eigenvalue weighted by molar-refractivity contribution is 4.63. The van der Waals surface area contributed by atoms with Crippen molar-refractivity contribution in [1.29, 1.82) is 0 Å². The quantitative estimate of drug-likeness (QED) is 0.585. The summed E-state index contributed by atoms with van der Waals surface area (Å²) >= 11 is 0. The van der Waals surface area contributed by atoms with E-state index in [1.165, 1.54) is 0 Å². The molecular weight excluding hydrogens is 128 g/mol. The summed E-state index contributed by atoms with van der Waals surface area (Å²) in [6.45, 7) is 2.98. The van der Waals surface area contributed by atoms with Crippen LogP contribution in [0.5, 0.6) is 0 Å². The third-order valence-corrected chi connectivity index (χ3v) is 1.54. The van der Waals surface area contributed by atoms with Gasteiger partial charge in [-0.25, -0.2) is 0 Å². The number of likely N-dealkylation sites (N-methyl/N-ethyl adjacent to an activating group) is 1. The fourth-order valence-electron chi connectivity index (χ4n) is 1.07. The molecule has 0 aromatic carbocycles. The summed E-state index contributed by atoms with van der Waals surface area (Å²) in [7, 11) is 4.11. The molecule has 1 saturated heterocycles. The third kappa shape index (κ3) is 2.64. The lowest BCUT2D eigenvalue weighted by molar-refractivity contribution is -0.0122. The minimum atomic E-state index is 0.253. The lowest BCUT2D eigenvalue weighted by atomic mass is 10.3. The molecule has 60 valence electrons. The number of hydrogen-bond acceptors (Lipinski definition) is 3. The Hall–Kier alpha value is -0.120. The summed E-state index contributed by atoms with van der Waals surface area (Å²) in [5, 5.41) is 3.29. The van der Waals surface area contributed by atoms with Gasteiger partial charge in [0.15, 0.2) is 0 Å². The Morgan fingerprint density at radius 1 is 1.60 bits per heavy atom. The van der Waals surface area contributed by atoms with E-state index in [4.69, 9.17) is 4.74 Å². The van der Waals surface area contributed by atoms with Crippen LogP contribution in [0.25, 0.3) is 0 Å². The second-order valence-corrected chi connectivity index (χ2v) is 2.93. The fourth-order valence-corrected chi connectivity index (χ4v) is 1.07. The van der Waals surface area contributed by atoms with Crippen LogP contribution >= 0.6 is 0 Å². The van der Waals surface area contributed by atoms with Gasteiger partial charge in [0.1, 0.15) is 6.23 Å². The van der Waals surface area contributed by atoms with Crippen LogP contribution in [-0.2, 0) is 4.74 Å². The van der Waals surface area contributed by atoms with Gasteiger partial charge >= 0.3 is 0 Å². The van der Waals surface area contributed by atoms with E-state index < -0.39 is 0 Å². The maximum Gasteiger partial charge on any atom is 0.120 e. The molecule has 0 aromatic heterocycles. The van der Waals surface area contributed by atoms with Gasteiger partial charge in [-0.15, -0.1) is 0 Å². The Balaban J connectivity index is 2.13. The van der Waals surface area contributed by atoms with Gasteiger partial charge in [0.2, 0.25) is 0 Å². The number of nitrogens with zero attached hydrogens (tertiary/aromatic N) is 1. The number of hydrogen-bond donors (Lipinski definition) is 1. The zero-order valence-electron chi connectivity index (χ0n) is 6.76. The molecule has 1 fully saturated rings. The van der Waals surface area contributed by atoms with Gasteiger partial charge in [0.05, 0.1) is 0 Å². The Bertz CT molecular complexity index is 89.6. The first-order chi connectivity index (χ1) is 4.79. The van der Waals surface area contributed by atoms with Crippen molar-refractivity contribution in [2.45, 2.75) is 12.6 Å². The molecule has 0 bridgehead atoms. The van der Waals surface area contributed by atoms with Crippen LogP contribution < -0.4 is 5.32 Å². The third-order valence-electron chi connectivity index (χ3n) is 1.54. The number of rotatable bonds is 2. The second-order valence-electron chi connectivity index (χ2n) is 2.93. The lowest BCUT2D eigenvalue weighted by Crippen LogP contribution is -2.44. The van der Waals surface area contributed by atoms with E-state index in [1.54, 1.807) is 0 Å². The van der Waals surface area contributed by atoms with Crippen molar-refractivity contribution in [3.05, 3.63) is 0 Å². The van der Waals surface area contributed by atoms with Gasteiger partial charge in [-0.1, -0.05) is 0 Å². The molecule has 0 radical (unpaired) electrons. The van der Waals surface area contributed by atoms with Gasteiger partial charge in [0.25, 0.3) is 0 Å². The van der Waals surface area contributed by atoms with E-state index in [0.717, 1.165) is 26.1 Å². The van der Waals surface area contributed by atoms with Crippen molar-refractivity contribution in [2.24, 2.45) is 0 Å². The maximum absolute atomic E-state index is 5.44. The lowest BCUT2D eigenvalue weighted by Gasteiger charge is -2.26. The highest BCUT2D eigenvalue weighted by atomic mass is 16.5. The summed E-state index contributed by atoms with van der Waals surface area (Å²) in [4.78, 5) is 2.13. The molecule has 10 heavy (non-hydrogen) atoms. The van der Waals surface area contributed by atoms with Crippen molar-refractivity contribution in [3.63, 3.8) is 0 Å². The fraction of sp³-hybridized carbons (Fsp3) is 1.00. The van der Waals surface area contributed by atoms with E-state index in [9.17, 15) is 0 Å². The Morgan fingerprint density at radius 2 is 2.40 bits per heavy atom. The van der Waals surface area contributed by atoms with Crippen molar-refractivity contribution < 1.29 is 4.74 Å². The largest absolute Gasteiger partial charge is 0.362 e. The van der Waals surface area contributed by atoms with Gasteiger partial charge in [-0.05, 0) is 27.1 Å². The van der Waals surface area contributed by atoms with Crippen molar-refractivity contribution in [1.82, 2.24) is 10.2 Å². The first kappa shape index (κ1) is 7.98. The molecule has 0 spiro atoms. The summed E-state index contributed by atoms with van der Waals surface area (Å²) in [5.41, 5.74) is 0. The molecule has 0 saturated carbocycles. The van der Waals surface area contributed by atoms with E-state index >= 15 is 0 Å². The average molecular weight is 144 g/mol. The summed E-state index contributed by atoms with van der Waals surface area (Å²) in [6.07, 6.45) is 1.40. The highest BCUT2D eigenvalue weighted by Gasteiger charge is 2.12. The Labute approximate surface area is 62.3 Å². The molecule has 3 heteroatoms. The molecule has 1 rings (SSSR count). The second kappa shape index (κ2) is 3.91. The Morgan fingerprint density at radius 3 is 2.90 bits per heavy atom. The maximum atomic E-state index is 5.44. The van der Waals surface area contributed by atoms with Crippen molar-refractivity contribution >= 4 is 0 Å². The van der Waals surface area contributed by atoms with Crippen LogP contribution in [0.4, 0.5) is 0 Å². The molecule has 1 atom stereocenters. The van der Waals surface area contributed by atoms with Crippen molar-refractivity contribution in [2.75, 3.05) is 33.8 Å². The minimum absolute atomic E-state index is 0.253. The zero-order chi connectivity index (χ0) is 7.40. The molecule has 1 aliphatic heterocycles. The smallest absolute Gasteiger partial charge is 0.120 e. The average Bonchev–Trinajstić information content (AvgIpc) is 1.88. The van der Waals surface area contributed by atoms with E-state index in [-0.39, 0.29) is 6.23 Å². The minimum Gasteiger partial charge on any atom is -0.362 e. The molecule has 1 unspecified atom stereocenters. The van der Waals surface area contributed by atoms with E-state index in [2.05, 4.69) is 24.3 Å². The van der Waals surface area contributed by atoms with Crippen LogP contribution in [0.3, 0.4) is 0 Å². The number of nitrogens with one attached hydrogen (secondary N) is 1. The number of ether oxygens (including phenoxy) is 1. The zero-order valence-corrected chi connectivity index (χ0v) is 6.76. The van der Waals surface area contributed by atoms with Gasteiger partial charge < -0.3 is 9.64 Å². The molecule has 1 N–H and O–H groups in total. The molecule has 0 aliphatic carbocycles. The first-order valence-electron chi connectivity index (χ1n) is 3.79. The van der Waals surface area contributed by atoms with Crippen LogP contribution in [-0.4, -0.2) is 44.9 Å². The standard InChI is InChI=1S/C7H16N2O/c1-9(2)6-7-8-4-3-5-10-7/h7-8H,3-6H2,1-2H3. The van der Waals surface area contributed by atoms with Gasteiger partial charge in [-0.3, -0.25) is 5.32 Å². The monoisotopic (exact) mass is 144 g/mol. The SMILES string of the molecule is CN(C)CC1NCCCO1. The predicted molar refractivity (Wildman–Crippen MR) is 40.9 cm³/mol. The molecule has 0 amide bonds. The molecule has 0 aromatic rings. The topological polar surface area (TPSA) is 24.5 Å². The predicted octanol–water partition coefficient (Wildman–Crippen LogP) is -0.116. The van der Waals surface area contributed by atoms with Crippen LogP contribution in [0.1, 0.15) is 6.42 Å². The van der Waals surface area contributed by atoms with Crippen LogP contribution in [0, 0.1) is 0 Å². The summed E-state index contributed by atoms with van der Waals surface area (Å²) in [5.74, 6) is 0. The molecule has 1 heterocycles. The van der Waals surface area contributed by atoms with E-state index in [0.29, 0.717) is 0 Å². The summed E-state index contributed by atoms with van der Waals surface area (Å²) in [6, 6.07) is 0. The Kier molecular flexibility index (Phi) is 3.12. The first-order valence-corrected chi connectivity index (χ1v) is 3.79. The van der Waals surface area contributed by atoms with Crippen molar-refractivity contribution in [3.8, 4) is 0 Å². The summed E-state index contributed by atoms with van der Waals surface area (Å²) < 4.78 is 5.44. The molecule has 3 nitrogen and oxygen atoms in total. The van der Waals surface area contributed by atoms with Gasteiger partial charge in [-0.2, -0.15) is 0 Å².